The highest BCUT2D eigenvalue weighted by atomic mass is 16.2. The molecule has 0 saturated carbocycles. The smallest absolute Gasteiger partial charge is 0.222 e. The van der Waals surface area contributed by atoms with Crippen molar-refractivity contribution in [2.24, 2.45) is 0 Å². The molecule has 0 saturated heterocycles. The van der Waals surface area contributed by atoms with Gasteiger partial charge in [0.25, 0.3) is 0 Å². The Morgan fingerprint density at radius 3 is 0.646 bits per heavy atom. The number of amides is 2. The first-order valence-corrected chi connectivity index (χ1v) is 28.8. The van der Waals surface area contributed by atoms with Crippen LogP contribution in [-0.4, -0.2) is 72.3 Å². The van der Waals surface area contributed by atoms with Crippen LogP contribution < -0.4 is 0 Å². The molecule has 10 radical (unpaired) electrons. The summed E-state index contributed by atoms with van der Waals surface area (Å²) < 4.78 is 0. The van der Waals surface area contributed by atoms with Gasteiger partial charge >= 0.3 is 0 Å². The summed E-state index contributed by atoms with van der Waals surface area (Å²) in [7, 11) is 0. The number of unbranched alkanes of at least 4 members (excludes halogenated alkanes) is 37. The summed E-state index contributed by atoms with van der Waals surface area (Å²) >= 11 is 0. The Labute approximate surface area is 410 Å². The van der Waals surface area contributed by atoms with Crippen LogP contribution in [0.15, 0.2) is 0 Å². The first-order chi connectivity index (χ1) is 32.0. The zero-order valence-corrected chi connectivity index (χ0v) is 43.5. The highest BCUT2D eigenvalue weighted by molar-refractivity contribution is 5.76. The molecule has 0 fully saturated rings. The number of hydrogen-bond acceptors (Lipinski definition) is 3. The largest absolute Gasteiger partial charge is 0.343 e. The second kappa shape index (κ2) is 53.8. The molecule has 5 heteroatoms. The van der Waals surface area contributed by atoms with E-state index in [2.05, 4.69) is 14.7 Å². The topological polar surface area (TPSA) is 43.9 Å². The van der Waals surface area contributed by atoms with Gasteiger partial charge in [0.1, 0.15) is 0 Å². The van der Waals surface area contributed by atoms with Crippen LogP contribution in [0.25, 0.3) is 0 Å². The number of nitrogens with zero attached hydrogens (tertiary/aromatic N) is 3. The lowest BCUT2D eigenvalue weighted by Gasteiger charge is -2.23. The van der Waals surface area contributed by atoms with Crippen LogP contribution in [0.5, 0.6) is 0 Å². The Balaban J connectivity index is 4.48. The van der Waals surface area contributed by atoms with E-state index in [0.717, 1.165) is 161 Å². The van der Waals surface area contributed by atoms with E-state index in [1.807, 2.05) is 0 Å². The Kier molecular flexibility index (Phi) is 52.9. The van der Waals surface area contributed by atoms with Crippen molar-refractivity contribution in [1.82, 2.24) is 14.7 Å². The van der Waals surface area contributed by atoms with E-state index in [9.17, 15) is 9.59 Å². The Bertz CT molecular complexity index is 831. The molecule has 0 heterocycles. The van der Waals surface area contributed by atoms with E-state index in [1.165, 1.54) is 167 Å². The minimum Gasteiger partial charge on any atom is -0.343 e. The molecule has 0 aliphatic carbocycles. The van der Waals surface area contributed by atoms with Crippen LogP contribution in [0, 0.1) is 34.6 Å². The fraction of sp³-hybridized carbons (Fsp3) is 0.883. The Hall–Kier alpha value is -1.10. The van der Waals surface area contributed by atoms with Gasteiger partial charge in [-0.15, -0.1) is 0 Å². The number of hydrogen-bond donors (Lipinski definition) is 0. The molecule has 2 amide bonds. The van der Waals surface area contributed by atoms with Gasteiger partial charge in [0.2, 0.25) is 11.8 Å². The second-order valence-corrected chi connectivity index (χ2v) is 19.8. The molecule has 378 valence electrons. The van der Waals surface area contributed by atoms with Crippen LogP contribution in [0.4, 0.5) is 0 Å². The Morgan fingerprint density at radius 2 is 0.400 bits per heavy atom. The van der Waals surface area contributed by atoms with Gasteiger partial charge in [0, 0.05) is 39.0 Å². The second-order valence-electron chi connectivity index (χ2n) is 19.8. The van der Waals surface area contributed by atoms with Gasteiger partial charge < -0.3 is 14.7 Å². The third kappa shape index (κ3) is 46.4. The molecular formula is C60H111N3O2. The fourth-order valence-corrected chi connectivity index (χ4v) is 9.30. The maximum Gasteiger partial charge on any atom is 0.222 e. The van der Waals surface area contributed by atoms with Crippen molar-refractivity contribution in [2.75, 3.05) is 45.8 Å². The molecule has 0 spiro atoms. The average molecular weight is 907 g/mol. The monoisotopic (exact) mass is 906 g/mol. The quantitative estimate of drug-likeness (QED) is 0.0571. The first-order valence-electron chi connectivity index (χ1n) is 28.8. The zero-order valence-electron chi connectivity index (χ0n) is 43.5. The van der Waals surface area contributed by atoms with Gasteiger partial charge in [0.15, 0.2) is 0 Å². The third-order valence-corrected chi connectivity index (χ3v) is 13.6. The van der Waals surface area contributed by atoms with Crippen molar-refractivity contribution in [3.63, 3.8) is 0 Å². The van der Waals surface area contributed by atoms with Gasteiger partial charge in [-0.1, -0.05) is 193 Å². The Morgan fingerprint density at radius 1 is 0.215 bits per heavy atom. The lowest BCUT2D eigenvalue weighted by molar-refractivity contribution is -0.132. The van der Waals surface area contributed by atoms with Crippen LogP contribution in [0.2, 0.25) is 0 Å². The molecule has 5 nitrogen and oxygen atoms in total. The molecular weight excluding hydrogens is 795 g/mol. The summed E-state index contributed by atoms with van der Waals surface area (Å²) in [5.74, 6) is 0.769. The van der Waals surface area contributed by atoms with Gasteiger partial charge in [-0.2, -0.15) is 0 Å². The zero-order chi connectivity index (χ0) is 47.4. The molecule has 0 N–H and O–H groups in total. The summed E-state index contributed by atoms with van der Waals surface area (Å²) in [5.41, 5.74) is 0. The fourth-order valence-electron chi connectivity index (χ4n) is 9.30. The van der Waals surface area contributed by atoms with Crippen molar-refractivity contribution in [1.29, 1.82) is 0 Å². The van der Waals surface area contributed by atoms with Gasteiger partial charge in [-0.05, 0) is 144 Å². The molecule has 0 bridgehead atoms. The first kappa shape index (κ1) is 63.9. The molecule has 0 aromatic carbocycles. The summed E-state index contributed by atoms with van der Waals surface area (Å²) in [6, 6.07) is 0. The SMILES string of the molecule is [CH]CCCCCCCCCN(CCCCCCCCC[CH])C(=O)CCCCCCCN(CCC[CH])CCCCCCCC(=O)N(CCCCCCCCC[CH])CCCCCCCCC[CH]. The molecule has 65 heavy (non-hydrogen) atoms. The van der Waals surface area contributed by atoms with Crippen molar-refractivity contribution < 1.29 is 9.59 Å². The predicted octanol–water partition coefficient (Wildman–Crippen LogP) is 17.4. The maximum absolute atomic E-state index is 13.4. The van der Waals surface area contributed by atoms with Crippen molar-refractivity contribution in [3.8, 4) is 0 Å². The highest BCUT2D eigenvalue weighted by Crippen LogP contribution is 2.17. The van der Waals surface area contributed by atoms with Gasteiger partial charge in [-0.3, -0.25) is 9.59 Å². The van der Waals surface area contributed by atoms with Crippen molar-refractivity contribution in [3.05, 3.63) is 34.6 Å². The van der Waals surface area contributed by atoms with Crippen LogP contribution in [0.3, 0.4) is 0 Å². The lowest BCUT2D eigenvalue weighted by Crippen LogP contribution is -2.32. The minimum atomic E-state index is 0.384. The summed E-state index contributed by atoms with van der Waals surface area (Å²) in [6.07, 6.45) is 52.6. The normalized spacial score (nSPS) is 11.6. The third-order valence-electron chi connectivity index (χ3n) is 13.6. The summed E-state index contributed by atoms with van der Waals surface area (Å²) in [5, 5.41) is 0. The van der Waals surface area contributed by atoms with Crippen molar-refractivity contribution >= 4 is 11.8 Å². The van der Waals surface area contributed by atoms with E-state index >= 15 is 0 Å². The van der Waals surface area contributed by atoms with E-state index in [-0.39, 0.29) is 0 Å². The van der Waals surface area contributed by atoms with Crippen LogP contribution >= 0.6 is 0 Å². The molecule has 0 unspecified atom stereocenters. The molecule has 0 aromatic rings. The summed E-state index contributed by atoms with van der Waals surface area (Å²) in [4.78, 5) is 33.8. The highest BCUT2D eigenvalue weighted by Gasteiger charge is 2.14. The van der Waals surface area contributed by atoms with Gasteiger partial charge in [0.05, 0.1) is 0 Å². The van der Waals surface area contributed by atoms with Crippen molar-refractivity contribution in [2.45, 2.75) is 295 Å². The number of carbonyl (C=O) groups excluding carboxylic acids is 2. The number of carbonyl (C=O) groups is 2. The van der Waals surface area contributed by atoms with Gasteiger partial charge in [-0.25, -0.2) is 0 Å². The maximum atomic E-state index is 13.4. The van der Waals surface area contributed by atoms with E-state index in [4.69, 9.17) is 34.6 Å². The molecule has 0 rings (SSSR count). The average Bonchev–Trinajstić information content (AvgIpc) is 3.31. The molecule has 0 aliphatic heterocycles. The molecule has 0 atom stereocenters. The van der Waals surface area contributed by atoms with Crippen LogP contribution in [0.1, 0.15) is 295 Å². The van der Waals surface area contributed by atoms with E-state index < -0.39 is 0 Å². The van der Waals surface area contributed by atoms with E-state index in [0.29, 0.717) is 24.7 Å². The van der Waals surface area contributed by atoms with E-state index in [1.54, 1.807) is 0 Å². The molecule has 0 aliphatic rings. The predicted molar refractivity (Wildman–Crippen MR) is 283 cm³/mol. The van der Waals surface area contributed by atoms with Crippen LogP contribution in [-0.2, 0) is 9.59 Å². The number of rotatable bonds is 55. The lowest BCUT2D eigenvalue weighted by atomic mass is 10.1. The standard InChI is InChI=1S/C60H111N3O2/c1-6-11-16-20-24-28-38-46-55-62(56-47-39-29-25-21-17-12-7-2)59(64)50-42-34-32-36-44-53-61(52-15-10-5)54-45-37-33-35-43-51-60(65)63(57-48-40-30-26-22-18-13-8-3)58-49-41-31-27-23-19-14-9-4/h1-5H,6-58H2. The minimum absolute atomic E-state index is 0.384. The summed E-state index contributed by atoms with van der Waals surface area (Å²) in [6.45, 7) is 35.7. The molecule has 0 aromatic heterocycles.